The number of nitrogens with zero attached hydrogens (tertiary/aromatic N) is 1. The Morgan fingerprint density at radius 2 is 1.58 bits per heavy atom. The summed E-state index contributed by atoms with van der Waals surface area (Å²) >= 11 is 5.88. The number of carbonyl (C=O) groups is 1. The van der Waals surface area contributed by atoms with Crippen LogP contribution in [-0.4, -0.2) is 10.9 Å². The van der Waals surface area contributed by atoms with E-state index in [1.54, 1.807) is 18.3 Å². The zero-order valence-corrected chi connectivity index (χ0v) is 15.3. The van der Waals surface area contributed by atoms with Crippen molar-refractivity contribution in [1.29, 1.82) is 0 Å². The molecule has 0 aliphatic rings. The molecule has 3 rings (SSSR count). The lowest BCUT2D eigenvalue weighted by Gasteiger charge is -2.08. The molecule has 4 nitrogen and oxygen atoms in total. The molecule has 0 atom stereocenters. The van der Waals surface area contributed by atoms with E-state index >= 15 is 0 Å². The van der Waals surface area contributed by atoms with Gasteiger partial charge in [0.1, 0.15) is 5.82 Å². The smallest absolute Gasteiger partial charge is 0.253 e. The van der Waals surface area contributed by atoms with Crippen molar-refractivity contribution in [3.63, 3.8) is 0 Å². The second-order valence-corrected chi connectivity index (χ2v) is 6.52. The highest BCUT2D eigenvalue weighted by Gasteiger charge is 2.06. The van der Waals surface area contributed by atoms with E-state index in [1.807, 2.05) is 55.5 Å². The summed E-state index contributed by atoms with van der Waals surface area (Å²) in [7, 11) is 0. The van der Waals surface area contributed by atoms with Gasteiger partial charge in [0.2, 0.25) is 0 Å². The summed E-state index contributed by atoms with van der Waals surface area (Å²) in [5, 5.41) is 6.84. The van der Waals surface area contributed by atoms with Gasteiger partial charge in [-0.3, -0.25) is 4.79 Å². The number of hydrogen-bond acceptors (Lipinski definition) is 3. The summed E-state index contributed by atoms with van der Waals surface area (Å²) in [4.78, 5) is 16.5. The number of amides is 1. The summed E-state index contributed by atoms with van der Waals surface area (Å²) in [5.41, 5.74) is 3.91. The summed E-state index contributed by atoms with van der Waals surface area (Å²) < 4.78 is 0. The first-order valence-electron chi connectivity index (χ1n) is 8.38. The molecule has 0 radical (unpaired) electrons. The highest BCUT2D eigenvalue weighted by atomic mass is 35.5. The number of halogens is 1. The minimum absolute atomic E-state index is 0.137. The van der Waals surface area contributed by atoms with Crippen molar-refractivity contribution in [2.24, 2.45) is 0 Å². The van der Waals surface area contributed by atoms with Gasteiger partial charge in [-0.15, -0.1) is 0 Å². The Morgan fingerprint density at radius 3 is 2.23 bits per heavy atom. The van der Waals surface area contributed by atoms with Crippen LogP contribution >= 0.6 is 11.6 Å². The Kier molecular flexibility index (Phi) is 5.87. The first kappa shape index (κ1) is 18.0. The standard InChI is InChI=1S/C21H20ClN3O/c1-15-2-4-16(5-3-15)13-25-21(26)18-8-11-20(24-14-18)23-12-17-6-9-19(22)10-7-17/h2-11,14H,12-13H2,1H3,(H,23,24)(H,25,26). The summed E-state index contributed by atoms with van der Waals surface area (Å²) in [6, 6.07) is 19.3. The third-order valence-corrected chi connectivity index (χ3v) is 4.24. The van der Waals surface area contributed by atoms with Gasteiger partial charge in [0.15, 0.2) is 0 Å². The minimum Gasteiger partial charge on any atom is -0.366 e. The van der Waals surface area contributed by atoms with Crippen LogP contribution < -0.4 is 10.6 Å². The third kappa shape index (κ3) is 5.07. The number of rotatable bonds is 6. The zero-order valence-electron chi connectivity index (χ0n) is 14.5. The fourth-order valence-electron chi connectivity index (χ4n) is 2.42. The number of pyridine rings is 1. The molecule has 0 spiro atoms. The maximum atomic E-state index is 12.2. The molecule has 0 bridgehead atoms. The van der Waals surface area contributed by atoms with E-state index in [0.717, 1.165) is 16.9 Å². The van der Waals surface area contributed by atoms with Crippen LogP contribution in [0.3, 0.4) is 0 Å². The Hall–Kier alpha value is -2.85. The van der Waals surface area contributed by atoms with E-state index in [4.69, 9.17) is 11.6 Å². The van der Waals surface area contributed by atoms with Crippen molar-refractivity contribution in [2.45, 2.75) is 20.0 Å². The fourth-order valence-corrected chi connectivity index (χ4v) is 2.54. The quantitative estimate of drug-likeness (QED) is 0.672. The molecule has 0 saturated carbocycles. The van der Waals surface area contributed by atoms with Gasteiger partial charge < -0.3 is 10.6 Å². The monoisotopic (exact) mass is 365 g/mol. The molecule has 5 heteroatoms. The molecule has 1 aromatic heterocycles. The Labute approximate surface area is 158 Å². The highest BCUT2D eigenvalue weighted by Crippen LogP contribution is 2.12. The highest BCUT2D eigenvalue weighted by molar-refractivity contribution is 6.30. The van der Waals surface area contributed by atoms with Gasteiger partial charge in [0.05, 0.1) is 5.56 Å². The summed E-state index contributed by atoms with van der Waals surface area (Å²) in [5.74, 6) is 0.581. The van der Waals surface area contributed by atoms with Crippen molar-refractivity contribution >= 4 is 23.3 Å². The van der Waals surface area contributed by atoms with Crippen molar-refractivity contribution in [1.82, 2.24) is 10.3 Å². The van der Waals surface area contributed by atoms with Crippen LogP contribution in [0.15, 0.2) is 66.9 Å². The number of anilines is 1. The molecule has 3 aromatic rings. The second kappa shape index (κ2) is 8.50. The van der Waals surface area contributed by atoms with E-state index in [-0.39, 0.29) is 5.91 Å². The van der Waals surface area contributed by atoms with Crippen LogP contribution in [0.4, 0.5) is 5.82 Å². The average molecular weight is 366 g/mol. The van der Waals surface area contributed by atoms with Gasteiger partial charge in [-0.2, -0.15) is 0 Å². The second-order valence-electron chi connectivity index (χ2n) is 6.08. The predicted octanol–water partition coefficient (Wildman–Crippen LogP) is 4.59. The van der Waals surface area contributed by atoms with Crippen molar-refractivity contribution < 1.29 is 4.79 Å². The van der Waals surface area contributed by atoms with Crippen LogP contribution in [0.1, 0.15) is 27.0 Å². The molecule has 1 amide bonds. The van der Waals surface area contributed by atoms with E-state index in [0.29, 0.717) is 23.7 Å². The number of hydrogen-bond donors (Lipinski definition) is 2. The molecule has 0 aliphatic carbocycles. The Bertz CT molecular complexity index is 859. The molecular formula is C21H20ClN3O. The summed E-state index contributed by atoms with van der Waals surface area (Å²) in [6.45, 7) is 3.18. The number of benzene rings is 2. The van der Waals surface area contributed by atoms with Gasteiger partial charge in [-0.05, 0) is 42.3 Å². The normalized spacial score (nSPS) is 10.4. The Balaban J connectivity index is 1.52. The van der Waals surface area contributed by atoms with Crippen molar-refractivity contribution in [2.75, 3.05) is 5.32 Å². The average Bonchev–Trinajstić information content (AvgIpc) is 2.67. The first-order valence-corrected chi connectivity index (χ1v) is 8.76. The minimum atomic E-state index is -0.137. The van der Waals surface area contributed by atoms with Crippen LogP contribution in [0, 0.1) is 6.92 Å². The molecule has 0 aliphatic heterocycles. The first-order chi connectivity index (χ1) is 12.6. The maximum absolute atomic E-state index is 12.2. The SMILES string of the molecule is Cc1ccc(CNC(=O)c2ccc(NCc3ccc(Cl)cc3)nc2)cc1. The van der Waals surface area contributed by atoms with Crippen molar-refractivity contribution in [3.8, 4) is 0 Å². The van der Waals surface area contributed by atoms with Crippen LogP contribution in [0.2, 0.25) is 5.02 Å². The number of nitrogens with one attached hydrogen (secondary N) is 2. The molecule has 26 heavy (non-hydrogen) atoms. The Morgan fingerprint density at radius 1 is 0.923 bits per heavy atom. The van der Waals surface area contributed by atoms with Gasteiger partial charge in [0.25, 0.3) is 5.91 Å². The van der Waals surface area contributed by atoms with Crippen molar-refractivity contribution in [3.05, 3.63) is 94.1 Å². The molecule has 2 aromatic carbocycles. The van der Waals surface area contributed by atoms with Gasteiger partial charge in [-0.1, -0.05) is 53.6 Å². The lowest BCUT2D eigenvalue weighted by Crippen LogP contribution is -2.22. The lowest BCUT2D eigenvalue weighted by atomic mass is 10.1. The van der Waals surface area contributed by atoms with E-state index < -0.39 is 0 Å². The molecule has 1 heterocycles. The number of carbonyl (C=O) groups excluding carboxylic acids is 1. The third-order valence-electron chi connectivity index (χ3n) is 3.99. The molecular weight excluding hydrogens is 346 g/mol. The number of aromatic nitrogens is 1. The largest absolute Gasteiger partial charge is 0.366 e. The van der Waals surface area contributed by atoms with E-state index in [2.05, 4.69) is 15.6 Å². The molecule has 132 valence electrons. The van der Waals surface area contributed by atoms with Gasteiger partial charge >= 0.3 is 0 Å². The van der Waals surface area contributed by atoms with E-state index in [9.17, 15) is 4.79 Å². The van der Waals surface area contributed by atoms with Crippen LogP contribution in [0.5, 0.6) is 0 Å². The van der Waals surface area contributed by atoms with E-state index in [1.165, 1.54) is 5.56 Å². The van der Waals surface area contributed by atoms with Crippen LogP contribution in [0.25, 0.3) is 0 Å². The van der Waals surface area contributed by atoms with Gasteiger partial charge in [-0.25, -0.2) is 4.98 Å². The maximum Gasteiger partial charge on any atom is 0.253 e. The molecule has 0 unspecified atom stereocenters. The molecule has 2 N–H and O–H groups in total. The summed E-state index contributed by atoms with van der Waals surface area (Å²) in [6.07, 6.45) is 1.58. The zero-order chi connectivity index (χ0) is 18.4. The van der Waals surface area contributed by atoms with Crippen LogP contribution in [-0.2, 0) is 13.1 Å². The predicted molar refractivity (Wildman–Crippen MR) is 105 cm³/mol. The molecule has 0 saturated heterocycles. The van der Waals surface area contributed by atoms with Gasteiger partial charge in [0, 0.05) is 24.3 Å². The topological polar surface area (TPSA) is 54.0 Å². The molecule has 0 fully saturated rings. The lowest BCUT2D eigenvalue weighted by molar-refractivity contribution is 0.0950. The number of aryl methyl sites for hydroxylation is 1. The fraction of sp³-hybridized carbons (Fsp3) is 0.143.